The lowest BCUT2D eigenvalue weighted by molar-refractivity contribution is 0.0696. The monoisotopic (exact) mass is 342 g/mol. The van der Waals surface area contributed by atoms with Crippen LogP contribution in [0.2, 0.25) is 0 Å². The Bertz CT molecular complexity index is 848. The van der Waals surface area contributed by atoms with Gasteiger partial charge < -0.3 is 25.6 Å². The average molecular weight is 342 g/mol. The van der Waals surface area contributed by atoms with Gasteiger partial charge in [0.2, 0.25) is 0 Å². The third kappa shape index (κ3) is 3.35. The number of benzene rings is 2. The topological polar surface area (TPSA) is 108 Å². The van der Waals surface area contributed by atoms with E-state index in [1.54, 1.807) is 12.1 Å². The van der Waals surface area contributed by atoms with E-state index in [4.69, 9.17) is 4.74 Å². The van der Waals surface area contributed by atoms with E-state index in [2.05, 4.69) is 17.6 Å². The van der Waals surface area contributed by atoms with Crippen LogP contribution in [-0.4, -0.2) is 28.7 Å². The van der Waals surface area contributed by atoms with Crippen LogP contribution >= 0.6 is 0 Å². The second kappa shape index (κ2) is 6.72. The van der Waals surface area contributed by atoms with Gasteiger partial charge in [-0.3, -0.25) is 0 Å². The third-order valence-electron chi connectivity index (χ3n) is 3.90. The molecule has 0 radical (unpaired) electrons. The van der Waals surface area contributed by atoms with Gasteiger partial charge in [0, 0.05) is 18.3 Å². The number of aromatic carboxylic acids is 2. The Labute approximate surface area is 144 Å². The number of hydrogen-bond acceptors (Lipinski definition) is 5. The van der Waals surface area contributed by atoms with Gasteiger partial charge in [-0.15, -0.1) is 0 Å². The van der Waals surface area contributed by atoms with Crippen molar-refractivity contribution >= 4 is 29.0 Å². The molecular weight excluding hydrogens is 324 g/mol. The van der Waals surface area contributed by atoms with Crippen LogP contribution in [0.25, 0.3) is 0 Å². The summed E-state index contributed by atoms with van der Waals surface area (Å²) in [6.07, 6.45) is 2.13. The number of carboxylic acid groups (broad SMARTS) is 2. The van der Waals surface area contributed by atoms with E-state index in [1.807, 2.05) is 6.07 Å². The predicted octanol–water partition coefficient (Wildman–Crippen LogP) is 4.14. The van der Waals surface area contributed by atoms with Gasteiger partial charge in [-0.1, -0.05) is 13.3 Å². The highest BCUT2D eigenvalue weighted by molar-refractivity contribution is 6.02. The standard InChI is InChI=1S/C18H18N2O5/c1-2-3-6-19-11-4-5-13-14(9-11)25-15-8-10(17(21)22)7-12(18(23)24)16(15)20-13/h4-5,7-9,19-20H,2-3,6H2,1H3,(H,21,22)(H,23,24). The van der Waals surface area contributed by atoms with Crippen LogP contribution in [0.5, 0.6) is 11.5 Å². The smallest absolute Gasteiger partial charge is 0.337 e. The highest BCUT2D eigenvalue weighted by Gasteiger charge is 2.25. The first-order valence-electron chi connectivity index (χ1n) is 7.97. The Hall–Kier alpha value is -3.22. The zero-order valence-electron chi connectivity index (χ0n) is 13.6. The van der Waals surface area contributed by atoms with E-state index in [0.29, 0.717) is 11.4 Å². The van der Waals surface area contributed by atoms with E-state index in [1.165, 1.54) is 6.07 Å². The summed E-state index contributed by atoms with van der Waals surface area (Å²) in [5.74, 6) is -1.75. The molecule has 0 atom stereocenters. The van der Waals surface area contributed by atoms with Crippen molar-refractivity contribution in [2.75, 3.05) is 17.2 Å². The second-order valence-electron chi connectivity index (χ2n) is 5.73. The number of rotatable bonds is 6. The lowest BCUT2D eigenvalue weighted by Gasteiger charge is -2.24. The average Bonchev–Trinajstić information content (AvgIpc) is 2.58. The van der Waals surface area contributed by atoms with Crippen LogP contribution in [0.4, 0.5) is 17.1 Å². The first-order valence-corrected chi connectivity index (χ1v) is 7.97. The summed E-state index contributed by atoms with van der Waals surface area (Å²) in [6, 6.07) is 7.91. The number of nitrogens with one attached hydrogen (secondary N) is 2. The fourth-order valence-corrected chi connectivity index (χ4v) is 2.60. The van der Waals surface area contributed by atoms with Crippen molar-refractivity contribution in [3.63, 3.8) is 0 Å². The molecule has 0 bridgehead atoms. The molecule has 0 aliphatic carbocycles. The molecule has 3 rings (SSSR count). The molecule has 0 spiro atoms. The molecule has 0 saturated heterocycles. The minimum Gasteiger partial charge on any atom is -0.478 e. The molecule has 130 valence electrons. The van der Waals surface area contributed by atoms with E-state index in [0.717, 1.165) is 31.1 Å². The number of unbranched alkanes of at least 4 members (excludes halogenated alkanes) is 1. The SMILES string of the molecule is CCCCNc1ccc2c(c1)Oc1cc(C(=O)O)cc(C(=O)O)c1N2. The van der Waals surface area contributed by atoms with Crippen LogP contribution < -0.4 is 15.4 Å². The molecule has 1 heterocycles. The summed E-state index contributed by atoms with van der Waals surface area (Å²) in [4.78, 5) is 22.7. The molecule has 0 aromatic heterocycles. The highest BCUT2D eigenvalue weighted by atomic mass is 16.5. The quantitative estimate of drug-likeness (QED) is 0.498. The molecule has 25 heavy (non-hydrogen) atoms. The van der Waals surface area contributed by atoms with Gasteiger partial charge in [0.05, 0.1) is 22.5 Å². The lowest BCUT2D eigenvalue weighted by atomic mass is 10.1. The molecule has 4 N–H and O–H groups in total. The molecule has 2 aromatic carbocycles. The number of carboxylic acids is 2. The Morgan fingerprint density at radius 1 is 1.12 bits per heavy atom. The summed E-state index contributed by atoms with van der Waals surface area (Å²) in [5.41, 5.74) is 1.46. The number of anilines is 3. The number of carbonyl (C=O) groups is 2. The van der Waals surface area contributed by atoms with Gasteiger partial charge >= 0.3 is 11.9 Å². The Kier molecular flexibility index (Phi) is 4.47. The van der Waals surface area contributed by atoms with Crippen LogP contribution in [0, 0.1) is 0 Å². The van der Waals surface area contributed by atoms with Crippen LogP contribution in [0.3, 0.4) is 0 Å². The van der Waals surface area contributed by atoms with Gasteiger partial charge in [-0.25, -0.2) is 9.59 Å². The molecule has 0 saturated carbocycles. The third-order valence-corrected chi connectivity index (χ3v) is 3.90. The van der Waals surface area contributed by atoms with Crippen molar-refractivity contribution in [1.82, 2.24) is 0 Å². The van der Waals surface area contributed by atoms with Crippen molar-refractivity contribution in [1.29, 1.82) is 0 Å². The van der Waals surface area contributed by atoms with Crippen LogP contribution in [-0.2, 0) is 0 Å². The number of fused-ring (bicyclic) bond motifs is 2. The summed E-state index contributed by atoms with van der Waals surface area (Å²) in [7, 11) is 0. The maximum absolute atomic E-state index is 11.5. The zero-order valence-corrected chi connectivity index (χ0v) is 13.6. The maximum atomic E-state index is 11.5. The molecule has 7 nitrogen and oxygen atoms in total. The van der Waals surface area contributed by atoms with Crippen molar-refractivity contribution in [2.24, 2.45) is 0 Å². The van der Waals surface area contributed by atoms with E-state index >= 15 is 0 Å². The normalized spacial score (nSPS) is 11.6. The number of ether oxygens (including phenoxy) is 1. The molecule has 2 aromatic rings. The summed E-state index contributed by atoms with van der Waals surface area (Å²) in [6.45, 7) is 2.95. The van der Waals surface area contributed by atoms with E-state index < -0.39 is 11.9 Å². The molecular formula is C18H18N2O5. The zero-order chi connectivity index (χ0) is 18.0. The fourth-order valence-electron chi connectivity index (χ4n) is 2.60. The molecule has 0 amide bonds. The van der Waals surface area contributed by atoms with E-state index in [-0.39, 0.29) is 22.6 Å². The molecule has 0 fully saturated rings. The Morgan fingerprint density at radius 2 is 1.92 bits per heavy atom. The number of hydrogen-bond donors (Lipinski definition) is 4. The van der Waals surface area contributed by atoms with Gasteiger partial charge in [-0.2, -0.15) is 0 Å². The Balaban J connectivity index is 1.96. The van der Waals surface area contributed by atoms with Crippen LogP contribution in [0.15, 0.2) is 30.3 Å². The highest BCUT2D eigenvalue weighted by Crippen LogP contribution is 2.45. The van der Waals surface area contributed by atoms with Gasteiger partial charge in [0.1, 0.15) is 0 Å². The van der Waals surface area contributed by atoms with Crippen LogP contribution in [0.1, 0.15) is 40.5 Å². The van der Waals surface area contributed by atoms with Crippen molar-refractivity contribution in [2.45, 2.75) is 19.8 Å². The molecule has 7 heteroatoms. The molecule has 1 aliphatic rings. The largest absolute Gasteiger partial charge is 0.478 e. The molecule has 1 aliphatic heterocycles. The maximum Gasteiger partial charge on any atom is 0.337 e. The first kappa shape index (κ1) is 16.6. The summed E-state index contributed by atoms with van der Waals surface area (Å²) in [5, 5.41) is 24.8. The van der Waals surface area contributed by atoms with E-state index in [9.17, 15) is 19.8 Å². The minimum absolute atomic E-state index is 0.140. The summed E-state index contributed by atoms with van der Waals surface area (Å²) < 4.78 is 5.78. The molecule has 0 unspecified atom stereocenters. The Morgan fingerprint density at radius 3 is 2.60 bits per heavy atom. The first-order chi connectivity index (χ1) is 12.0. The fraction of sp³-hybridized carbons (Fsp3) is 0.222. The minimum atomic E-state index is -1.23. The van der Waals surface area contributed by atoms with Crippen molar-refractivity contribution < 1.29 is 24.5 Å². The van der Waals surface area contributed by atoms with Crippen molar-refractivity contribution in [3.05, 3.63) is 41.5 Å². The second-order valence-corrected chi connectivity index (χ2v) is 5.73. The summed E-state index contributed by atoms with van der Waals surface area (Å²) >= 11 is 0. The predicted molar refractivity (Wildman–Crippen MR) is 93.6 cm³/mol. The lowest BCUT2D eigenvalue weighted by Crippen LogP contribution is -2.12. The van der Waals surface area contributed by atoms with Crippen molar-refractivity contribution in [3.8, 4) is 11.5 Å². The van der Waals surface area contributed by atoms with Gasteiger partial charge in [-0.05, 0) is 30.7 Å². The van der Waals surface area contributed by atoms with Gasteiger partial charge in [0.25, 0.3) is 0 Å². The van der Waals surface area contributed by atoms with Gasteiger partial charge in [0.15, 0.2) is 11.5 Å².